The molecule has 0 fully saturated rings. The van der Waals surface area contributed by atoms with Gasteiger partial charge in [-0.05, 0) is 6.07 Å². The Morgan fingerprint density at radius 3 is 2.14 bits per heavy atom. The van der Waals surface area contributed by atoms with Gasteiger partial charge in [0.1, 0.15) is 0 Å². The molecule has 1 heterocycles. The molecule has 14 heavy (non-hydrogen) atoms. The van der Waals surface area contributed by atoms with Crippen LogP contribution in [0.3, 0.4) is 0 Å². The van der Waals surface area contributed by atoms with Crippen LogP contribution in [0.2, 0.25) is 0 Å². The van der Waals surface area contributed by atoms with Crippen LogP contribution in [0, 0.1) is 0 Å². The van der Waals surface area contributed by atoms with Gasteiger partial charge in [-0.3, -0.25) is 0 Å². The molecule has 1 aromatic heterocycles. The van der Waals surface area contributed by atoms with Crippen LogP contribution in [0.25, 0.3) is 0 Å². The van der Waals surface area contributed by atoms with Gasteiger partial charge in [-0.1, -0.05) is 6.07 Å². The Balaban J connectivity index is 2.79. The summed E-state index contributed by atoms with van der Waals surface area (Å²) in [6, 6.07) is 3.49. The van der Waals surface area contributed by atoms with Crippen molar-refractivity contribution in [2.75, 3.05) is 0 Å². The van der Waals surface area contributed by atoms with Gasteiger partial charge >= 0.3 is 12.3 Å². The van der Waals surface area contributed by atoms with Gasteiger partial charge in [0, 0.05) is 12.3 Å². The zero-order chi connectivity index (χ0) is 10.8. The van der Waals surface area contributed by atoms with Crippen molar-refractivity contribution in [3.63, 3.8) is 0 Å². The highest BCUT2D eigenvalue weighted by Crippen LogP contribution is 2.36. The highest BCUT2D eigenvalue weighted by Gasteiger charge is 2.61. The van der Waals surface area contributed by atoms with E-state index in [-0.39, 0.29) is 0 Å². The molecule has 7 heteroatoms. The van der Waals surface area contributed by atoms with Crippen LogP contribution in [0.5, 0.6) is 5.88 Å². The topological polar surface area (TPSA) is 22.1 Å². The van der Waals surface area contributed by atoms with Crippen LogP contribution in [-0.2, 0) is 0 Å². The molecule has 0 spiro atoms. The number of ether oxygens (including phenoxy) is 1. The maximum absolute atomic E-state index is 12.2. The first-order valence-electron chi connectivity index (χ1n) is 3.37. The van der Waals surface area contributed by atoms with E-state index in [4.69, 9.17) is 0 Å². The third-order valence-electron chi connectivity index (χ3n) is 1.20. The molecular formula is C7H4F5NO. The number of alkyl halides is 5. The summed E-state index contributed by atoms with van der Waals surface area (Å²) in [4.78, 5) is 3.18. The number of halogens is 5. The predicted molar refractivity (Wildman–Crippen MR) is 35.9 cm³/mol. The second-order valence-corrected chi connectivity index (χ2v) is 2.28. The van der Waals surface area contributed by atoms with Gasteiger partial charge in [0.05, 0.1) is 0 Å². The molecule has 1 aromatic rings. The van der Waals surface area contributed by atoms with Crippen molar-refractivity contribution >= 4 is 0 Å². The van der Waals surface area contributed by atoms with Gasteiger partial charge in [0.2, 0.25) is 5.88 Å². The van der Waals surface area contributed by atoms with Crippen molar-refractivity contribution in [1.82, 2.24) is 4.98 Å². The van der Waals surface area contributed by atoms with E-state index < -0.39 is 18.2 Å². The lowest BCUT2D eigenvalue weighted by Gasteiger charge is -2.19. The van der Waals surface area contributed by atoms with Crippen LogP contribution in [0.1, 0.15) is 0 Å². The van der Waals surface area contributed by atoms with Crippen molar-refractivity contribution in [3.05, 3.63) is 24.4 Å². The summed E-state index contributed by atoms with van der Waals surface area (Å²) >= 11 is 0. The molecule has 0 saturated heterocycles. The average Bonchev–Trinajstić information content (AvgIpc) is 2.03. The van der Waals surface area contributed by atoms with Gasteiger partial charge < -0.3 is 4.74 Å². The van der Waals surface area contributed by atoms with Crippen molar-refractivity contribution in [2.24, 2.45) is 0 Å². The average molecular weight is 213 g/mol. The van der Waals surface area contributed by atoms with E-state index in [1.54, 1.807) is 0 Å². The Kier molecular flexibility index (Phi) is 2.59. The minimum atomic E-state index is -5.75. The van der Waals surface area contributed by atoms with Gasteiger partial charge in [-0.25, -0.2) is 4.98 Å². The van der Waals surface area contributed by atoms with Crippen LogP contribution >= 0.6 is 0 Å². The van der Waals surface area contributed by atoms with Gasteiger partial charge in [0.25, 0.3) is 0 Å². The van der Waals surface area contributed by atoms with E-state index in [1.807, 2.05) is 0 Å². The Bertz CT molecular complexity index is 297. The first-order valence-corrected chi connectivity index (χ1v) is 3.37. The summed E-state index contributed by atoms with van der Waals surface area (Å²) in [7, 11) is 0. The van der Waals surface area contributed by atoms with Gasteiger partial charge in [-0.15, -0.1) is 0 Å². The van der Waals surface area contributed by atoms with Crippen LogP contribution in [0.4, 0.5) is 22.0 Å². The number of hydrogen-bond acceptors (Lipinski definition) is 2. The zero-order valence-corrected chi connectivity index (χ0v) is 6.55. The molecule has 0 saturated carbocycles. The molecule has 0 aliphatic heterocycles. The number of rotatable bonds is 2. The first-order chi connectivity index (χ1) is 6.33. The quantitative estimate of drug-likeness (QED) is 0.704. The molecule has 0 radical (unpaired) electrons. The van der Waals surface area contributed by atoms with Crippen molar-refractivity contribution < 1.29 is 26.7 Å². The number of aromatic nitrogens is 1. The fourth-order valence-electron chi connectivity index (χ4n) is 0.597. The summed E-state index contributed by atoms with van der Waals surface area (Å²) in [5.41, 5.74) is 0. The lowest BCUT2D eigenvalue weighted by atomic mass is 10.5. The molecule has 1 rings (SSSR count). The van der Waals surface area contributed by atoms with Crippen molar-refractivity contribution in [3.8, 4) is 5.88 Å². The first kappa shape index (κ1) is 10.7. The van der Waals surface area contributed by atoms with Gasteiger partial charge in [-0.2, -0.15) is 22.0 Å². The summed E-state index contributed by atoms with van der Waals surface area (Å²) in [5.74, 6) is -0.783. The SMILES string of the molecule is FC(F)(F)C(F)(F)Oc1ccccn1. The fourth-order valence-corrected chi connectivity index (χ4v) is 0.597. The van der Waals surface area contributed by atoms with E-state index in [1.165, 1.54) is 12.1 Å². The van der Waals surface area contributed by atoms with E-state index in [0.717, 1.165) is 12.3 Å². The lowest BCUT2D eigenvalue weighted by Crippen LogP contribution is -2.42. The Morgan fingerprint density at radius 2 is 1.71 bits per heavy atom. The highest BCUT2D eigenvalue weighted by atomic mass is 19.4. The summed E-state index contributed by atoms with van der Waals surface area (Å²) in [6.07, 6.45) is -9.92. The van der Waals surface area contributed by atoms with Crippen LogP contribution < -0.4 is 4.74 Å². The zero-order valence-electron chi connectivity index (χ0n) is 6.55. The predicted octanol–water partition coefficient (Wildman–Crippen LogP) is 2.62. The normalized spacial score (nSPS) is 12.6. The lowest BCUT2D eigenvalue weighted by molar-refractivity contribution is -0.361. The molecule has 0 bridgehead atoms. The Hall–Kier alpha value is -1.40. The molecule has 0 N–H and O–H groups in total. The molecule has 0 amide bonds. The van der Waals surface area contributed by atoms with E-state index in [9.17, 15) is 22.0 Å². The maximum Gasteiger partial charge on any atom is 0.500 e. The molecule has 0 unspecified atom stereocenters. The van der Waals surface area contributed by atoms with E-state index >= 15 is 0 Å². The summed E-state index contributed by atoms with van der Waals surface area (Å²) < 4.78 is 62.7. The third kappa shape index (κ3) is 2.30. The number of pyridine rings is 1. The molecule has 0 aliphatic rings. The second kappa shape index (κ2) is 3.39. The Morgan fingerprint density at radius 1 is 1.07 bits per heavy atom. The van der Waals surface area contributed by atoms with E-state index in [0.29, 0.717) is 0 Å². The highest BCUT2D eigenvalue weighted by molar-refractivity contribution is 5.09. The largest absolute Gasteiger partial charge is 0.500 e. The minimum Gasteiger partial charge on any atom is -0.408 e. The molecule has 78 valence electrons. The molecule has 0 aliphatic carbocycles. The monoisotopic (exact) mass is 213 g/mol. The molecule has 0 atom stereocenters. The number of nitrogens with zero attached hydrogens (tertiary/aromatic N) is 1. The van der Waals surface area contributed by atoms with Crippen LogP contribution in [-0.4, -0.2) is 17.3 Å². The number of hydrogen-bond donors (Lipinski definition) is 0. The molecule has 2 nitrogen and oxygen atoms in total. The van der Waals surface area contributed by atoms with Crippen molar-refractivity contribution in [1.29, 1.82) is 0 Å². The minimum absolute atomic E-state index is 0.783. The standard InChI is InChI=1S/C7H4F5NO/c8-6(9,10)7(11,12)14-5-3-1-2-4-13-5/h1-4H. The maximum atomic E-state index is 12.2. The Labute approximate surface area is 75.3 Å². The fraction of sp³-hybridized carbons (Fsp3) is 0.286. The second-order valence-electron chi connectivity index (χ2n) is 2.28. The third-order valence-corrected chi connectivity index (χ3v) is 1.20. The van der Waals surface area contributed by atoms with Crippen molar-refractivity contribution in [2.45, 2.75) is 12.3 Å². The molecular weight excluding hydrogens is 209 g/mol. The smallest absolute Gasteiger partial charge is 0.408 e. The van der Waals surface area contributed by atoms with E-state index in [2.05, 4.69) is 9.72 Å². The van der Waals surface area contributed by atoms with Gasteiger partial charge in [0.15, 0.2) is 0 Å². The van der Waals surface area contributed by atoms with Crippen LogP contribution in [0.15, 0.2) is 24.4 Å². The summed E-state index contributed by atoms with van der Waals surface area (Å²) in [5, 5.41) is 0. The summed E-state index contributed by atoms with van der Waals surface area (Å²) in [6.45, 7) is 0. The molecule has 0 aromatic carbocycles.